The molecule has 0 radical (unpaired) electrons. The largest absolute Gasteiger partial charge is 0.493 e. The predicted molar refractivity (Wildman–Crippen MR) is 78.0 cm³/mol. The maximum atomic E-state index is 6.50. The van der Waals surface area contributed by atoms with Gasteiger partial charge in [0.1, 0.15) is 5.75 Å². The van der Waals surface area contributed by atoms with Crippen LogP contribution in [0.2, 0.25) is 5.02 Å². The molecule has 1 aliphatic rings. The van der Waals surface area contributed by atoms with Crippen molar-refractivity contribution in [3.05, 3.63) is 28.3 Å². The van der Waals surface area contributed by atoms with Crippen LogP contribution in [0.25, 0.3) is 0 Å². The third-order valence-corrected chi connectivity index (χ3v) is 4.10. The molecular formula is C15H20Cl2O. The Morgan fingerprint density at radius 3 is 2.89 bits per heavy atom. The number of hydrogen-bond donors (Lipinski definition) is 0. The van der Waals surface area contributed by atoms with E-state index in [0.29, 0.717) is 0 Å². The van der Waals surface area contributed by atoms with Gasteiger partial charge in [0.15, 0.2) is 0 Å². The molecule has 0 aromatic heterocycles. The summed E-state index contributed by atoms with van der Waals surface area (Å²) in [7, 11) is 0. The summed E-state index contributed by atoms with van der Waals surface area (Å²) in [5.41, 5.74) is 2.28. The molecule has 1 aliphatic heterocycles. The van der Waals surface area contributed by atoms with E-state index in [-0.39, 0.29) is 5.38 Å². The lowest BCUT2D eigenvalue weighted by atomic mass is 10.0. The molecule has 0 spiro atoms. The highest BCUT2D eigenvalue weighted by Crippen LogP contribution is 2.40. The Labute approximate surface area is 119 Å². The second-order valence-corrected chi connectivity index (χ2v) is 5.86. The Bertz CT molecular complexity index is 404. The van der Waals surface area contributed by atoms with Gasteiger partial charge in [0.25, 0.3) is 0 Å². The average molecular weight is 287 g/mol. The van der Waals surface area contributed by atoms with Gasteiger partial charge in [0, 0.05) is 17.0 Å². The van der Waals surface area contributed by atoms with Crippen LogP contribution in [0, 0.1) is 0 Å². The predicted octanol–water partition coefficient (Wildman–Crippen LogP) is 5.53. The van der Waals surface area contributed by atoms with Gasteiger partial charge in [-0.25, -0.2) is 0 Å². The van der Waals surface area contributed by atoms with E-state index in [0.717, 1.165) is 35.8 Å². The molecule has 3 heteroatoms. The van der Waals surface area contributed by atoms with E-state index in [4.69, 9.17) is 27.9 Å². The van der Waals surface area contributed by atoms with Crippen LogP contribution in [-0.2, 0) is 6.42 Å². The Balaban J connectivity index is 2.03. The molecule has 0 fully saturated rings. The van der Waals surface area contributed by atoms with Gasteiger partial charge in [-0.1, -0.05) is 44.2 Å². The van der Waals surface area contributed by atoms with Crippen molar-refractivity contribution in [2.75, 3.05) is 6.61 Å². The number of alkyl halides is 1. The lowest BCUT2D eigenvalue weighted by Crippen LogP contribution is -1.96. The zero-order valence-corrected chi connectivity index (χ0v) is 12.4. The minimum Gasteiger partial charge on any atom is -0.493 e. The molecule has 1 aromatic rings. The Morgan fingerprint density at radius 1 is 1.28 bits per heavy atom. The van der Waals surface area contributed by atoms with Crippen molar-refractivity contribution in [2.24, 2.45) is 0 Å². The molecule has 18 heavy (non-hydrogen) atoms. The number of hydrogen-bond acceptors (Lipinski definition) is 1. The van der Waals surface area contributed by atoms with E-state index in [1.807, 2.05) is 12.1 Å². The number of rotatable bonds is 6. The van der Waals surface area contributed by atoms with Crippen molar-refractivity contribution in [3.8, 4) is 5.75 Å². The maximum Gasteiger partial charge on any atom is 0.127 e. The van der Waals surface area contributed by atoms with Gasteiger partial charge >= 0.3 is 0 Å². The standard InChI is InChI=1S/C15H20Cl2O/c1-2-3-4-5-6-14(17)13-10-12(16)9-11-7-8-18-15(11)13/h9-10,14H,2-8H2,1H3. The SMILES string of the molecule is CCCCCCC(Cl)c1cc(Cl)cc2c1OCC2. The van der Waals surface area contributed by atoms with Crippen LogP contribution in [0.3, 0.4) is 0 Å². The lowest BCUT2D eigenvalue weighted by Gasteiger charge is -2.14. The topological polar surface area (TPSA) is 9.23 Å². The molecule has 2 rings (SSSR count). The van der Waals surface area contributed by atoms with E-state index in [2.05, 4.69) is 6.92 Å². The summed E-state index contributed by atoms with van der Waals surface area (Å²) in [6.07, 6.45) is 6.91. The van der Waals surface area contributed by atoms with Gasteiger partial charge in [-0.05, 0) is 24.1 Å². The van der Waals surface area contributed by atoms with Gasteiger partial charge < -0.3 is 4.74 Å². The van der Waals surface area contributed by atoms with Crippen molar-refractivity contribution in [3.63, 3.8) is 0 Å². The first-order valence-electron chi connectivity index (χ1n) is 6.81. The third kappa shape index (κ3) is 3.33. The Kier molecular flexibility index (Phi) is 5.20. The van der Waals surface area contributed by atoms with Crippen molar-refractivity contribution in [1.29, 1.82) is 0 Å². The van der Waals surface area contributed by atoms with Crippen LogP contribution in [0.15, 0.2) is 12.1 Å². The van der Waals surface area contributed by atoms with Crippen molar-refractivity contribution in [2.45, 2.75) is 50.8 Å². The molecule has 0 N–H and O–H groups in total. The first kappa shape index (κ1) is 14.0. The van der Waals surface area contributed by atoms with Crippen LogP contribution in [0.5, 0.6) is 5.75 Å². The van der Waals surface area contributed by atoms with E-state index in [9.17, 15) is 0 Å². The fourth-order valence-electron chi connectivity index (χ4n) is 2.44. The van der Waals surface area contributed by atoms with Gasteiger partial charge in [0.05, 0.1) is 12.0 Å². The normalized spacial score (nSPS) is 15.3. The zero-order valence-electron chi connectivity index (χ0n) is 10.8. The number of benzene rings is 1. The molecule has 1 aromatic carbocycles. The van der Waals surface area contributed by atoms with Crippen LogP contribution in [0.1, 0.15) is 55.5 Å². The molecule has 1 unspecified atom stereocenters. The summed E-state index contributed by atoms with van der Waals surface area (Å²) in [5, 5.41) is 0.792. The van der Waals surface area contributed by atoms with Crippen LogP contribution in [-0.4, -0.2) is 6.61 Å². The summed E-state index contributed by atoms with van der Waals surface area (Å²) in [4.78, 5) is 0. The quantitative estimate of drug-likeness (QED) is 0.494. The van der Waals surface area contributed by atoms with Gasteiger partial charge in [-0.2, -0.15) is 0 Å². The minimum atomic E-state index is 0.0207. The molecule has 0 aliphatic carbocycles. The van der Waals surface area contributed by atoms with Crippen molar-refractivity contribution < 1.29 is 4.74 Å². The van der Waals surface area contributed by atoms with Gasteiger partial charge in [0.2, 0.25) is 0 Å². The summed E-state index contributed by atoms with van der Waals surface area (Å²) in [5.74, 6) is 0.981. The van der Waals surface area contributed by atoms with Gasteiger partial charge in [-0.3, -0.25) is 0 Å². The summed E-state index contributed by atoms with van der Waals surface area (Å²) >= 11 is 12.6. The number of fused-ring (bicyclic) bond motifs is 1. The van der Waals surface area contributed by atoms with Gasteiger partial charge in [-0.15, -0.1) is 11.6 Å². The molecule has 1 nitrogen and oxygen atoms in total. The highest BCUT2D eigenvalue weighted by atomic mass is 35.5. The van der Waals surface area contributed by atoms with Crippen LogP contribution < -0.4 is 4.74 Å². The van der Waals surface area contributed by atoms with E-state index in [1.165, 1.54) is 31.2 Å². The minimum absolute atomic E-state index is 0.0207. The fraction of sp³-hybridized carbons (Fsp3) is 0.600. The van der Waals surface area contributed by atoms with Crippen LogP contribution >= 0.6 is 23.2 Å². The van der Waals surface area contributed by atoms with Crippen molar-refractivity contribution >= 4 is 23.2 Å². The first-order chi connectivity index (χ1) is 8.72. The highest BCUT2D eigenvalue weighted by molar-refractivity contribution is 6.31. The summed E-state index contributed by atoms with van der Waals surface area (Å²) < 4.78 is 5.69. The molecule has 1 atom stereocenters. The Morgan fingerprint density at radius 2 is 2.11 bits per heavy atom. The molecular weight excluding hydrogens is 267 g/mol. The molecule has 0 amide bonds. The molecule has 100 valence electrons. The second-order valence-electron chi connectivity index (χ2n) is 4.90. The number of halogens is 2. The van der Waals surface area contributed by atoms with E-state index < -0.39 is 0 Å². The fourth-order valence-corrected chi connectivity index (χ4v) is 3.00. The highest BCUT2D eigenvalue weighted by Gasteiger charge is 2.21. The molecule has 1 heterocycles. The average Bonchev–Trinajstić information content (AvgIpc) is 2.81. The maximum absolute atomic E-state index is 6.50. The Hall–Kier alpha value is -0.400. The summed E-state index contributed by atoms with van der Waals surface area (Å²) in [6, 6.07) is 3.96. The summed E-state index contributed by atoms with van der Waals surface area (Å²) in [6.45, 7) is 2.97. The first-order valence-corrected chi connectivity index (χ1v) is 7.63. The molecule has 0 bridgehead atoms. The van der Waals surface area contributed by atoms with E-state index in [1.54, 1.807) is 0 Å². The smallest absolute Gasteiger partial charge is 0.127 e. The lowest BCUT2D eigenvalue weighted by molar-refractivity contribution is 0.352. The number of ether oxygens (including phenoxy) is 1. The number of unbranched alkanes of at least 4 members (excludes halogenated alkanes) is 3. The van der Waals surface area contributed by atoms with E-state index >= 15 is 0 Å². The van der Waals surface area contributed by atoms with Crippen molar-refractivity contribution in [1.82, 2.24) is 0 Å². The second kappa shape index (κ2) is 6.68. The monoisotopic (exact) mass is 286 g/mol. The third-order valence-electron chi connectivity index (χ3n) is 3.43. The molecule has 0 saturated heterocycles. The van der Waals surface area contributed by atoms with Crippen LogP contribution in [0.4, 0.5) is 0 Å². The zero-order chi connectivity index (χ0) is 13.0. The molecule has 0 saturated carbocycles.